The Balaban J connectivity index is 2.65. The summed E-state index contributed by atoms with van der Waals surface area (Å²) in [6.45, 7) is 11.5. The number of benzene rings is 1. The minimum Gasteiger partial charge on any atom is -0.465 e. The molecule has 1 saturated carbocycles. The highest BCUT2D eigenvalue weighted by molar-refractivity contribution is 6.03. The topological polar surface area (TPSA) is 116 Å². The Morgan fingerprint density at radius 1 is 0.939 bits per heavy atom. The number of carbonyl (C=O) groups excluding carboxylic acids is 4. The van der Waals surface area contributed by atoms with Crippen molar-refractivity contribution >= 4 is 23.7 Å². The van der Waals surface area contributed by atoms with E-state index in [0.717, 1.165) is 0 Å². The Bertz CT molecular complexity index is 915. The molecule has 8 nitrogen and oxygen atoms in total. The third-order valence-electron chi connectivity index (χ3n) is 5.31. The first kappa shape index (κ1) is 26.5. The van der Waals surface area contributed by atoms with Gasteiger partial charge in [-0.25, -0.2) is 4.79 Å². The second-order valence-corrected chi connectivity index (χ2v) is 10.7. The van der Waals surface area contributed by atoms with Gasteiger partial charge in [0.05, 0.1) is 24.2 Å². The van der Waals surface area contributed by atoms with E-state index < -0.39 is 64.7 Å². The van der Waals surface area contributed by atoms with Crippen molar-refractivity contribution in [1.82, 2.24) is 0 Å². The molecule has 1 aromatic rings. The van der Waals surface area contributed by atoms with Crippen LogP contribution >= 0.6 is 0 Å². The van der Waals surface area contributed by atoms with Crippen LogP contribution in [0.25, 0.3) is 0 Å². The first-order valence-corrected chi connectivity index (χ1v) is 10.9. The third kappa shape index (κ3) is 6.41. The van der Waals surface area contributed by atoms with E-state index in [1.165, 1.54) is 26.2 Å². The van der Waals surface area contributed by atoms with Crippen molar-refractivity contribution in [3.8, 4) is 0 Å². The molecular formula is C25H34O8. The van der Waals surface area contributed by atoms with Crippen LogP contribution in [0.3, 0.4) is 0 Å². The molecule has 1 N–H and O–H groups in total. The second kappa shape index (κ2) is 9.25. The van der Waals surface area contributed by atoms with Crippen LogP contribution < -0.4 is 0 Å². The van der Waals surface area contributed by atoms with Gasteiger partial charge in [0.1, 0.15) is 17.1 Å². The van der Waals surface area contributed by atoms with Crippen LogP contribution in [-0.2, 0) is 28.6 Å². The van der Waals surface area contributed by atoms with Gasteiger partial charge in [-0.2, -0.15) is 0 Å². The Morgan fingerprint density at radius 2 is 1.42 bits per heavy atom. The summed E-state index contributed by atoms with van der Waals surface area (Å²) in [6, 6.07) is 6.04. The summed E-state index contributed by atoms with van der Waals surface area (Å²) < 4.78 is 15.8. The van der Waals surface area contributed by atoms with Gasteiger partial charge < -0.3 is 19.3 Å². The predicted octanol–water partition coefficient (Wildman–Crippen LogP) is 3.20. The van der Waals surface area contributed by atoms with Gasteiger partial charge in [-0.05, 0) is 66.2 Å². The molecule has 0 radical (unpaired) electrons. The number of ether oxygens (including phenoxy) is 3. The number of hydrogen-bond acceptors (Lipinski definition) is 8. The fraction of sp³-hybridized carbons (Fsp3) is 0.600. The SMILES string of the molecule is COC(=O)c1ccc([C@@H]2[C@H](C(=O)OC(C)(C)C)C(=O)C[C@@](C)(O)[C@H]2C(=O)OC(C)(C)C)cc1. The van der Waals surface area contributed by atoms with Crippen LogP contribution in [0.2, 0.25) is 0 Å². The summed E-state index contributed by atoms with van der Waals surface area (Å²) in [5.74, 6) is -6.20. The van der Waals surface area contributed by atoms with Crippen molar-refractivity contribution in [3.05, 3.63) is 35.4 Å². The van der Waals surface area contributed by atoms with E-state index in [1.54, 1.807) is 53.7 Å². The van der Waals surface area contributed by atoms with E-state index in [9.17, 15) is 24.3 Å². The Kier molecular flexibility index (Phi) is 7.43. The van der Waals surface area contributed by atoms with Crippen LogP contribution in [0.4, 0.5) is 0 Å². The molecule has 1 fully saturated rings. The summed E-state index contributed by atoms with van der Waals surface area (Å²) in [6.07, 6.45) is -0.405. The van der Waals surface area contributed by atoms with E-state index in [-0.39, 0.29) is 5.56 Å². The molecular weight excluding hydrogens is 428 g/mol. The largest absolute Gasteiger partial charge is 0.465 e. The molecule has 8 heteroatoms. The van der Waals surface area contributed by atoms with E-state index in [2.05, 4.69) is 0 Å². The highest BCUT2D eigenvalue weighted by Gasteiger charge is 2.57. The molecule has 0 bridgehead atoms. The molecule has 1 aliphatic carbocycles. The van der Waals surface area contributed by atoms with Gasteiger partial charge in [0.25, 0.3) is 0 Å². The standard InChI is InChI=1S/C25H34O8/c1-23(2,3)32-21(28)18-16(26)13-25(7,30)19(22(29)33-24(4,5)6)17(18)14-9-11-15(12-10-14)20(27)31-8/h9-12,17-19,30H,13H2,1-8H3/t17-,18-,19-,25-/m1/s1. The van der Waals surface area contributed by atoms with Gasteiger partial charge in [-0.3, -0.25) is 14.4 Å². The summed E-state index contributed by atoms with van der Waals surface area (Å²) in [7, 11) is 1.25. The fourth-order valence-electron chi connectivity index (χ4n) is 4.11. The van der Waals surface area contributed by atoms with Gasteiger partial charge in [0.2, 0.25) is 0 Å². The minimum absolute atomic E-state index is 0.262. The average Bonchev–Trinajstić information content (AvgIpc) is 2.63. The Morgan fingerprint density at radius 3 is 1.88 bits per heavy atom. The molecule has 0 amide bonds. The zero-order valence-electron chi connectivity index (χ0n) is 20.6. The number of hydrogen-bond donors (Lipinski definition) is 1. The van der Waals surface area contributed by atoms with Crippen LogP contribution in [0, 0.1) is 11.8 Å². The number of ketones is 1. The number of rotatable bonds is 4. The molecule has 0 spiro atoms. The summed E-state index contributed by atoms with van der Waals surface area (Å²) in [4.78, 5) is 51.4. The van der Waals surface area contributed by atoms with Gasteiger partial charge in [0.15, 0.2) is 5.78 Å². The molecule has 4 atom stereocenters. The molecule has 1 aromatic carbocycles. The highest BCUT2D eigenvalue weighted by Crippen LogP contribution is 2.47. The molecule has 0 heterocycles. The molecule has 0 saturated heterocycles. The first-order valence-electron chi connectivity index (χ1n) is 10.9. The summed E-state index contributed by atoms with van der Waals surface area (Å²) in [5, 5.41) is 11.2. The molecule has 0 aliphatic heterocycles. The second-order valence-electron chi connectivity index (χ2n) is 10.7. The lowest BCUT2D eigenvalue weighted by molar-refractivity contribution is -0.182. The maximum atomic E-state index is 13.3. The smallest absolute Gasteiger partial charge is 0.337 e. The summed E-state index contributed by atoms with van der Waals surface area (Å²) >= 11 is 0. The van der Waals surface area contributed by atoms with Crippen LogP contribution in [0.5, 0.6) is 0 Å². The number of Topliss-reactive ketones (excluding diaryl/α,β-unsaturated/α-hetero) is 1. The predicted molar refractivity (Wildman–Crippen MR) is 119 cm³/mol. The molecule has 2 rings (SSSR count). The van der Waals surface area contributed by atoms with E-state index in [4.69, 9.17) is 14.2 Å². The van der Waals surface area contributed by atoms with Gasteiger partial charge in [-0.1, -0.05) is 12.1 Å². The average molecular weight is 463 g/mol. The molecule has 33 heavy (non-hydrogen) atoms. The van der Waals surface area contributed by atoms with Gasteiger partial charge >= 0.3 is 17.9 Å². The van der Waals surface area contributed by atoms with Crippen LogP contribution in [0.15, 0.2) is 24.3 Å². The lowest BCUT2D eigenvalue weighted by atomic mass is 9.61. The zero-order chi connectivity index (χ0) is 25.4. The van der Waals surface area contributed by atoms with Crippen molar-refractivity contribution in [2.45, 2.75) is 77.6 Å². The third-order valence-corrected chi connectivity index (χ3v) is 5.31. The Labute approximate surface area is 194 Å². The van der Waals surface area contributed by atoms with Crippen molar-refractivity contribution in [2.75, 3.05) is 7.11 Å². The van der Waals surface area contributed by atoms with Crippen molar-refractivity contribution in [2.24, 2.45) is 11.8 Å². The zero-order valence-corrected chi connectivity index (χ0v) is 20.6. The van der Waals surface area contributed by atoms with E-state index in [1.807, 2.05) is 0 Å². The van der Waals surface area contributed by atoms with Crippen LogP contribution in [0.1, 0.15) is 76.7 Å². The summed E-state index contributed by atoms with van der Waals surface area (Å²) in [5.41, 5.74) is -2.79. The minimum atomic E-state index is -1.76. The van der Waals surface area contributed by atoms with E-state index >= 15 is 0 Å². The molecule has 1 aliphatic rings. The van der Waals surface area contributed by atoms with Gasteiger partial charge in [0, 0.05) is 12.3 Å². The maximum absolute atomic E-state index is 13.3. The number of aliphatic hydroxyl groups is 1. The Hall–Kier alpha value is -2.74. The normalized spacial score (nSPS) is 25.8. The number of methoxy groups -OCH3 is 1. The van der Waals surface area contributed by atoms with Crippen LogP contribution in [-0.4, -0.2) is 52.7 Å². The lowest BCUT2D eigenvalue weighted by Gasteiger charge is -2.44. The van der Waals surface area contributed by atoms with Crippen molar-refractivity contribution in [1.29, 1.82) is 0 Å². The monoisotopic (exact) mass is 462 g/mol. The highest BCUT2D eigenvalue weighted by atomic mass is 16.6. The number of carbonyl (C=O) groups is 4. The van der Waals surface area contributed by atoms with Gasteiger partial charge in [-0.15, -0.1) is 0 Å². The molecule has 0 unspecified atom stereocenters. The maximum Gasteiger partial charge on any atom is 0.337 e. The fourth-order valence-corrected chi connectivity index (χ4v) is 4.11. The van der Waals surface area contributed by atoms with E-state index in [0.29, 0.717) is 5.56 Å². The number of esters is 3. The first-order chi connectivity index (χ1) is 15.0. The molecule has 182 valence electrons. The van der Waals surface area contributed by atoms with Crippen molar-refractivity contribution < 1.29 is 38.5 Å². The molecule has 0 aromatic heterocycles. The lowest BCUT2D eigenvalue weighted by Crippen LogP contribution is -2.56. The quantitative estimate of drug-likeness (QED) is 0.412. The van der Waals surface area contributed by atoms with Crippen molar-refractivity contribution in [3.63, 3.8) is 0 Å².